The van der Waals surface area contributed by atoms with Crippen LogP contribution in [0.1, 0.15) is 18.5 Å². The van der Waals surface area contributed by atoms with E-state index < -0.39 is 11.6 Å². The van der Waals surface area contributed by atoms with Crippen molar-refractivity contribution in [2.45, 2.75) is 19.1 Å². The minimum atomic E-state index is -0.552. The number of ether oxygens (including phenoxy) is 1. The molecule has 106 valence electrons. The Morgan fingerprint density at radius 3 is 2.89 bits per heavy atom. The van der Waals surface area contributed by atoms with Crippen LogP contribution in [0, 0.1) is 11.6 Å². The molecule has 1 aromatic rings. The maximum Gasteiger partial charge on any atom is 0.131 e. The Kier molecular flexibility index (Phi) is 4.85. The average Bonchev–Trinajstić information content (AvgIpc) is 2.37. The highest BCUT2D eigenvalue weighted by atomic mass is 19.1. The molecule has 2 rings (SSSR count). The summed E-state index contributed by atoms with van der Waals surface area (Å²) in [5.41, 5.74) is 0.492. The van der Waals surface area contributed by atoms with Gasteiger partial charge in [0.15, 0.2) is 0 Å². The number of hydrogen-bond acceptors (Lipinski definition) is 3. The Labute approximate surface area is 112 Å². The molecular formula is C14H20F2N2O. The summed E-state index contributed by atoms with van der Waals surface area (Å²) >= 11 is 0. The summed E-state index contributed by atoms with van der Waals surface area (Å²) in [5, 5.41) is 3.22. The molecular weight excluding hydrogens is 250 g/mol. The number of nitrogens with zero attached hydrogens (tertiary/aromatic N) is 1. The van der Waals surface area contributed by atoms with E-state index in [0.717, 1.165) is 19.2 Å². The van der Waals surface area contributed by atoms with E-state index in [0.29, 0.717) is 18.7 Å². The number of rotatable bonds is 4. The minimum Gasteiger partial charge on any atom is -0.374 e. The van der Waals surface area contributed by atoms with E-state index in [1.54, 1.807) is 0 Å². The van der Waals surface area contributed by atoms with Gasteiger partial charge in [-0.2, -0.15) is 0 Å². The van der Waals surface area contributed by atoms with E-state index >= 15 is 0 Å². The van der Waals surface area contributed by atoms with Gasteiger partial charge in [0.05, 0.1) is 18.8 Å². The van der Waals surface area contributed by atoms with Crippen molar-refractivity contribution in [2.75, 3.05) is 33.3 Å². The van der Waals surface area contributed by atoms with Crippen LogP contribution in [0.3, 0.4) is 0 Å². The minimum absolute atomic E-state index is 0.126. The van der Waals surface area contributed by atoms with Crippen LogP contribution in [0.15, 0.2) is 18.2 Å². The smallest absolute Gasteiger partial charge is 0.131 e. The lowest BCUT2D eigenvalue weighted by Crippen LogP contribution is -2.47. The Morgan fingerprint density at radius 2 is 2.21 bits per heavy atom. The first-order chi connectivity index (χ1) is 9.13. The van der Waals surface area contributed by atoms with Gasteiger partial charge in [0.1, 0.15) is 11.6 Å². The van der Waals surface area contributed by atoms with Gasteiger partial charge >= 0.3 is 0 Å². The zero-order chi connectivity index (χ0) is 13.8. The first kappa shape index (κ1) is 14.4. The molecule has 3 nitrogen and oxygen atoms in total. The van der Waals surface area contributed by atoms with Gasteiger partial charge in [0.25, 0.3) is 0 Å². The van der Waals surface area contributed by atoms with E-state index in [9.17, 15) is 8.78 Å². The number of hydrogen-bond donors (Lipinski definition) is 1. The fourth-order valence-electron chi connectivity index (χ4n) is 2.50. The molecule has 0 bridgehead atoms. The van der Waals surface area contributed by atoms with Crippen molar-refractivity contribution in [1.82, 2.24) is 10.2 Å². The summed E-state index contributed by atoms with van der Waals surface area (Å²) in [5.74, 6) is -1.06. The summed E-state index contributed by atoms with van der Waals surface area (Å²) in [6.07, 6.45) is -0.126. The molecule has 2 unspecified atom stereocenters. The average molecular weight is 270 g/mol. The van der Waals surface area contributed by atoms with Crippen LogP contribution >= 0.6 is 0 Å². The maximum absolute atomic E-state index is 14.0. The third-order valence-corrected chi connectivity index (χ3v) is 3.48. The van der Waals surface area contributed by atoms with Gasteiger partial charge in [-0.3, -0.25) is 4.90 Å². The molecule has 1 heterocycles. The van der Waals surface area contributed by atoms with Crippen LogP contribution in [0.5, 0.6) is 0 Å². The third kappa shape index (κ3) is 3.29. The van der Waals surface area contributed by atoms with E-state index in [4.69, 9.17) is 4.74 Å². The molecule has 0 spiro atoms. The first-order valence-corrected chi connectivity index (χ1v) is 6.61. The lowest BCUT2D eigenvalue weighted by Gasteiger charge is -2.39. The quantitative estimate of drug-likeness (QED) is 0.905. The highest BCUT2D eigenvalue weighted by Crippen LogP contribution is 2.30. The molecule has 1 fully saturated rings. The standard InChI is InChI=1S/C14H20F2N2O/c1-3-17-9-13-14(18(2)6-7-19-13)11-5-4-10(15)8-12(11)16/h4-5,8,13-14,17H,3,6-7,9H2,1-2H3. The molecule has 5 heteroatoms. The van der Waals surface area contributed by atoms with Gasteiger partial charge < -0.3 is 10.1 Å². The molecule has 1 saturated heterocycles. The van der Waals surface area contributed by atoms with Crippen LogP contribution < -0.4 is 5.32 Å². The van der Waals surface area contributed by atoms with Gasteiger partial charge in [0.2, 0.25) is 0 Å². The summed E-state index contributed by atoms with van der Waals surface area (Å²) in [6, 6.07) is 3.56. The van der Waals surface area contributed by atoms with Crippen molar-refractivity contribution in [3.05, 3.63) is 35.4 Å². The first-order valence-electron chi connectivity index (χ1n) is 6.61. The molecule has 0 aliphatic carbocycles. The second-order valence-electron chi connectivity index (χ2n) is 4.81. The van der Waals surface area contributed by atoms with Gasteiger partial charge in [-0.15, -0.1) is 0 Å². The molecule has 0 aromatic heterocycles. The zero-order valence-corrected chi connectivity index (χ0v) is 11.3. The Morgan fingerprint density at radius 1 is 1.42 bits per heavy atom. The summed E-state index contributed by atoms with van der Waals surface area (Å²) < 4.78 is 32.7. The summed E-state index contributed by atoms with van der Waals surface area (Å²) in [4.78, 5) is 2.06. The molecule has 0 radical (unpaired) electrons. The number of nitrogens with one attached hydrogen (secondary N) is 1. The van der Waals surface area contributed by atoms with E-state index in [1.165, 1.54) is 12.1 Å². The number of morpholine rings is 1. The fraction of sp³-hybridized carbons (Fsp3) is 0.571. The van der Waals surface area contributed by atoms with Crippen molar-refractivity contribution >= 4 is 0 Å². The second-order valence-corrected chi connectivity index (χ2v) is 4.81. The largest absolute Gasteiger partial charge is 0.374 e. The molecule has 2 atom stereocenters. The van der Waals surface area contributed by atoms with Gasteiger partial charge in [-0.1, -0.05) is 13.0 Å². The Hall–Kier alpha value is -1.04. The lowest BCUT2D eigenvalue weighted by molar-refractivity contribution is -0.0621. The van der Waals surface area contributed by atoms with E-state index in [2.05, 4.69) is 10.2 Å². The highest BCUT2D eigenvalue weighted by Gasteiger charge is 2.32. The van der Waals surface area contributed by atoms with E-state index in [1.807, 2.05) is 14.0 Å². The molecule has 1 aromatic carbocycles. The molecule has 0 amide bonds. The lowest BCUT2D eigenvalue weighted by atomic mass is 9.97. The van der Waals surface area contributed by atoms with E-state index in [-0.39, 0.29) is 12.1 Å². The predicted octanol–water partition coefficient (Wildman–Crippen LogP) is 1.95. The van der Waals surface area contributed by atoms with Crippen molar-refractivity contribution in [1.29, 1.82) is 0 Å². The number of benzene rings is 1. The third-order valence-electron chi connectivity index (χ3n) is 3.48. The summed E-state index contributed by atoms with van der Waals surface area (Å²) in [7, 11) is 1.94. The van der Waals surface area contributed by atoms with Gasteiger partial charge in [-0.05, 0) is 19.7 Å². The van der Waals surface area contributed by atoms with Crippen molar-refractivity contribution in [3.8, 4) is 0 Å². The topological polar surface area (TPSA) is 24.5 Å². The molecule has 0 saturated carbocycles. The maximum atomic E-state index is 14.0. The van der Waals surface area contributed by atoms with Crippen LogP contribution in [0.2, 0.25) is 0 Å². The van der Waals surface area contributed by atoms with Gasteiger partial charge in [-0.25, -0.2) is 8.78 Å². The number of halogens is 2. The van der Waals surface area contributed by atoms with Gasteiger partial charge in [0, 0.05) is 24.7 Å². The molecule has 19 heavy (non-hydrogen) atoms. The highest BCUT2D eigenvalue weighted by molar-refractivity contribution is 5.24. The molecule has 1 aliphatic rings. The van der Waals surface area contributed by atoms with Crippen LogP contribution in [-0.2, 0) is 4.74 Å². The normalized spacial score (nSPS) is 24.6. The monoisotopic (exact) mass is 270 g/mol. The molecule has 1 N–H and O–H groups in total. The number of likely N-dealkylation sites (N-methyl/N-ethyl adjacent to an activating group) is 2. The fourth-order valence-corrected chi connectivity index (χ4v) is 2.50. The Balaban J connectivity index is 2.25. The van der Waals surface area contributed by atoms with Crippen molar-refractivity contribution in [3.63, 3.8) is 0 Å². The summed E-state index contributed by atoms with van der Waals surface area (Å²) in [6.45, 7) is 4.88. The van der Waals surface area contributed by atoms with Crippen LogP contribution in [0.4, 0.5) is 8.78 Å². The zero-order valence-electron chi connectivity index (χ0n) is 11.3. The second kappa shape index (κ2) is 6.41. The van der Waals surface area contributed by atoms with Crippen LogP contribution in [-0.4, -0.2) is 44.3 Å². The van der Waals surface area contributed by atoms with Crippen molar-refractivity contribution in [2.24, 2.45) is 0 Å². The predicted molar refractivity (Wildman–Crippen MR) is 70.0 cm³/mol. The van der Waals surface area contributed by atoms with Crippen molar-refractivity contribution < 1.29 is 13.5 Å². The molecule has 1 aliphatic heterocycles. The SMILES string of the molecule is CCNCC1OCCN(C)C1c1ccc(F)cc1F. The Bertz CT molecular complexity index is 428. The van der Waals surface area contributed by atoms with Crippen LogP contribution in [0.25, 0.3) is 0 Å².